The Morgan fingerprint density at radius 2 is 1.54 bits per heavy atom. The number of fused-ring (bicyclic) bond motifs is 10. The molecule has 0 bridgehead atoms. The molecule has 3 aliphatic heterocycles. The van der Waals surface area contributed by atoms with Crippen LogP contribution in [0.2, 0.25) is 0 Å². The topological polar surface area (TPSA) is 8.17 Å². The summed E-state index contributed by atoms with van der Waals surface area (Å²) in [4.78, 5) is 2.92. The molecule has 5 aromatic rings. The van der Waals surface area contributed by atoms with Crippen LogP contribution in [0, 0.1) is 0 Å². The Kier molecular flexibility index (Phi) is 4.53. The zero-order valence-corrected chi connectivity index (χ0v) is 25.1. The maximum atomic E-state index is 2.92. The predicted molar refractivity (Wildman–Crippen MR) is 176 cm³/mol. The number of anilines is 2. The van der Waals surface area contributed by atoms with E-state index < -0.39 is 0 Å². The molecule has 0 amide bonds. The lowest BCUT2D eigenvalue weighted by molar-refractivity contribution is 0.147. The van der Waals surface area contributed by atoms with Gasteiger partial charge in [-0.15, -0.1) is 0 Å². The minimum Gasteiger partial charge on any atom is -0.335 e. The Morgan fingerprint density at radius 1 is 0.780 bits per heavy atom. The minimum absolute atomic E-state index is 0.0901. The third-order valence-corrected chi connectivity index (χ3v) is 11.9. The summed E-state index contributed by atoms with van der Waals surface area (Å²) in [6.45, 7) is 12.4. The molecule has 1 saturated carbocycles. The summed E-state index contributed by atoms with van der Waals surface area (Å²) < 4.78 is 2.59. The molecule has 2 unspecified atom stereocenters. The molecule has 1 aromatic heterocycles. The van der Waals surface area contributed by atoms with Crippen molar-refractivity contribution >= 4 is 56.3 Å². The van der Waals surface area contributed by atoms with E-state index in [1.54, 1.807) is 16.7 Å². The van der Waals surface area contributed by atoms with Crippen LogP contribution in [-0.2, 0) is 10.8 Å². The summed E-state index contributed by atoms with van der Waals surface area (Å²) in [6.07, 6.45) is 7.63. The highest BCUT2D eigenvalue weighted by Gasteiger charge is 2.63. The Labute approximate surface area is 244 Å². The Balaban J connectivity index is 1.50. The van der Waals surface area contributed by atoms with Crippen molar-refractivity contribution < 1.29 is 0 Å². The van der Waals surface area contributed by atoms with Gasteiger partial charge in [0.15, 0.2) is 0 Å². The highest BCUT2D eigenvalue weighted by molar-refractivity contribution is 7.00. The SMILES string of the molecule is CCC12CCCCC1(CC)N1c3cccc4c3B(c3cc(C(C)(C)C)cc2c31)c1cccc2c3ccccc3n-4c12. The number of benzene rings is 4. The van der Waals surface area contributed by atoms with Crippen molar-refractivity contribution in [1.29, 1.82) is 0 Å². The van der Waals surface area contributed by atoms with Crippen molar-refractivity contribution in [2.75, 3.05) is 4.90 Å². The highest BCUT2D eigenvalue weighted by Crippen LogP contribution is 2.64. The fourth-order valence-corrected chi connectivity index (χ4v) is 10.1. The van der Waals surface area contributed by atoms with E-state index in [4.69, 9.17) is 0 Å². The molecule has 0 spiro atoms. The smallest absolute Gasteiger partial charge is 0.252 e. The lowest BCUT2D eigenvalue weighted by atomic mass is 9.33. The zero-order valence-electron chi connectivity index (χ0n) is 25.1. The molecule has 0 N–H and O–H groups in total. The van der Waals surface area contributed by atoms with Gasteiger partial charge in [0.05, 0.1) is 11.1 Å². The molecule has 1 fully saturated rings. The van der Waals surface area contributed by atoms with E-state index in [9.17, 15) is 0 Å². The van der Waals surface area contributed by atoms with Gasteiger partial charge in [0.2, 0.25) is 0 Å². The van der Waals surface area contributed by atoms with Gasteiger partial charge in [-0.25, -0.2) is 0 Å². The van der Waals surface area contributed by atoms with E-state index in [1.165, 1.54) is 88.2 Å². The molecule has 41 heavy (non-hydrogen) atoms. The van der Waals surface area contributed by atoms with E-state index in [1.807, 2.05) is 0 Å². The molecular formula is C38H39BN2. The Hall–Kier alpha value is -3.46. The van der Waals surface area contributed by atoms with Crippen molar-refractivity contribution in [3.8, 4) is 5.69 Å². The minimum atomic E-state index is 0.0901. The molecule has 4 aliphatic rings. The molecule has 9 rings (SSSR count). The number of hydrogen-bond donors (Lipinski definition) is 0. The van der Waals surface area contributed by atoms with Crippen LogP contribution in [0.15, 0.2) is 72.8 Å². The first-order chi connectivity index (χ1) is 19.9. The second-order valence-electron chi connectivity index (χ2n) is 14.3. The third kappa shape index (κ3) is 2.60. The average molecular weight is 535 g/mol. The first kappa shape index (κ1) is 24.2. The van der Waals surface area contributed by atoms with E-state index in [2.05, 4.69) is 117 Å². The van der Waals surface area contributed by atoms with Crippen LogP contribution in [0.25, 0.3) is 27.5 Å². The zero-order chi connectivity index (χ0) is 27.9. The number of aromatic nitrogens is 1. The maximum Gasteiger partial charge on any atom is 0.252 e. The van der Waals surface area contributed by atoms with Crippen LogP contribution in [0.5, 0.6) is 0 Å². The fourth-order valence-electron chi connectivity index (χ4n) is 10.1. The summed E-state index contributed by atoms with van der Waals surface area (Å²) in [7, 11) is 0. The van der Waals surface area contributed by atoms with Gasteiger partial charge in [-0.05, 0) is 76.8 Å². The van der Waals surface area contributed by atoms with Crippen molar-refractivity contribution in [1.82, 2.24) is 4.57 Å². The summed E-state index contributed by atoms with van der Waals surface area (Å²) in [6, 6.07) is 28.6. The molecule has 3 heteroatoms. The second kappa shape index (κ2) is 7.68. The largest absolute Gasteiger partial charge is 0.335 e. The number of para-hydroxylation sites is 2. The molecular weight excluding hydrogens is 495 g/mol. The quantitative estimate of drug-likeness (QED) is 0.206. The number of rotatable bonds is 2. The van der Waals surface area contributed by atoms with Crippen molar-refractivity contribution in [2.24, 2.45) is 0 Å². The molecule has 2 atom stereocenters. The summed E-state index contributed by atoms with van der Waals surface area (Å²) in [5.41, 5.74) is 15.2. The van der Waals surface area contributed by atoms with Gasteiger partial charge in [0.1, 0.15) is 0 Å². The van der Waals surface area contributed by atoms with Crippen LogP contribution < -0.4 is 21.3 Å². The predicted octanol–water partition coefficient (Wildman–Crippen LogP) is 7.75. The Bertz CT molecular complexity index is 1940. The summed E-state index contributed by atoms with van der Waals surface area (Å²) >= 11 is 0. The lowest BCUT2D eigenvalue weighted by Crippen LogP contribution is -2.65. The summed E-state index contributed by atoms with van der Waals surface area (Å²) in [5.74, 6) is 0. The normalized spacial score (nSPS) is 23.6. The summed E-state index contributed by atoms with van der Waals surface area (Å²) in [5, 5.41) is 2.74. The van der Waals surface area contributed by atoms with Gasteiger partial charge in [-0.2, -0.15) is 0 Å². The lowest BCUT2D eigenvalue weighted by Gasteiger charge is -2.55. The van der Waals surface area contributed by atoms with Crippen molar-refractivity contribution in [3.63, 3.8) is 0 Å². The molecule has 0 saturated heterocycles. The van der Waals surface area contributed by atoms with Gasteiger partial charge in [0.25, 0.3) is 6.71 Å². The maximum absolute atomic E-state index is 2.92. The van der Waals surface area contributed by atoms with Crippen molar-refractivity contribution in [2.45, 2.75) is 89.5 Å². The van der Waals surface area contributed by atoms with E-state index >= 15 is 0 Å². The molecule has 4 aromatic carbocycles. The molecule has 204 valence electrons. The number of nitrogens with zero attached hydrogens (tertiary/aromatic N) is 2. The van der Waals surface area contributed by atoms with Crippen LogP contribution >= 0.6 is 0 Å². The van der Waals surface area contributed by atoms with E-state index in [0.29, 0.717) is 0 Å². The monoisotopic (exact) mass is 534 g/mol. The molecule has 2 nitrogen and oxygen atoms in total. The number of hydrogen-bond acceptors (Lipinski definition) is 1. The van der Waals surface area contributed by atoms with E-state index in [-0.39, 0.29) is 23.1 Å². The first-order valence-electron chi connectivity index (χ1n) is 16.0. The van der Waals surface area contributed by atoms with Crippen LogP contribution in [0.3, 0.4) is 0 Å². The van der Waals surface area contributed by atoms with Gasteiger partial charge >= 0.3 is 0 Å². The highest BCUT2D eigenvalue weighted by atomic mass is 15.3. The fraction of sp³-hybridized carbons (Fsp3) is 0.368. The first-order valence-corrected chi connectivity index (χ1v) is 16.0. The standard InChI is InChI=1S/C38H39BN2/c1-6-37-20-10-11-21-38(37,7-2)41-32-19-13-18-31-33(32)39(29-23-24(36(3,4)5)22-27(37)35(29)41)28-16-12-15-26-25-14-8-9-17-30(25)40(31)34(26)28/h8-9,12-19,22-23H,6-7,10-11,20-21H2,1-5H3. The molecule has 1 aliphatic carbocycles. The van der Waals surface area contributed by atoms with Crippen molar-refractivity contribution in [3.05, 3.63) is 83.9 Å². The van der Waals surface area contributed by atoms with Gasteiger partial charge < -0.3 is 9.47 Å². The second-order valence-corrected chi connectivity index (χ2v) is 14.3. The molecule has 4 heterocycles. The van der Waals surface area contributed by atoms with Crippen LogP contribution in [0.4, 0.5) is 11.4 Å². The average Bonchev–Trinajstić information content (AvgIpc) is 3.47. The Morgan fingerprint density at radius 3 is 2.34 bits per heavy atom. The van der Waals surface area contributed by atoms with Gasteiger partial charge in [0, 0.05) is 38.8 Å². The molecule has 0 radical (unpaired) electrons. The van der Waals surface area contributed by atoms with E-state index in [0.717, 1.165) is 0 Å². The van der Waals surface area contributed by atoms with Crippen LogP contribution in [-0.4, -0.2) is 16.8 Å². The van der Waals surface area contributed by atoms with Crippen LogP contribution in [0.1, 0.15) is 84.3 Å². The third-order valence-electron chi connectivity index (χ3n) is 11.9. The van der Waals surface area contributed by atoms with Gasteiger partial charge in [-0.3, -0.25) is 0 Å². The van der Waals surface area contributed by atoms with Gasteiger partial charge in [-0.1, -0.05) is 102 Å².